The zero-order chi connectivity index (χ0) is 12.5. The lowest BCUT2D eigenvalue weighted by Gasteiger charge is -2.05. The Morgan fingerprint density at radius 3 is 2.44 bits per heavy atom. The van der Waals surface area contributed by atoms with Crippen LogP contribution in [0.5, 0.6) is 5.88 Å². The first-order valence-electron chi connectivity index (χ1n) is 6.06. The predicted molar refractivity (Wildman–Crippen MR) is 73.9 cm³/mol. The second-order valence-corrected chi connectivity index (χ2v) is 4.65. The average Bonchev–Trinajstić information content (AvgIpc) is 2.70. The van der Waals surface area contributed by atoms with E-state index in [1.54, 1.807) is 0 Å². The number of aromatic hydroxyl groups is 1. The highest BCUT2D eigenvalue weighted by Crippen LogP contribution is 2.27. The largest absolute Gasteiger partial charge is 0.494 e. The number of aryl methyl sites for hydroxylation is 1. The number of benzene rings is 2. The molecule has 0 atom stereocenters. The van der Waals surface area contributed by atoms with Crippen LogP contribution in [-0.2, 0) is 6.54 Å². The summed E-state index contributed by atoms with van der Waals surface area (Å²) in [7, 11) is 0. The molecule has 2 heteroatoms. The van der Waals surface area contributed by atoms with E-state index in [4.69, 9.17) is 0 Å². The van der Waals surface area contributed by atoms with Crippen LogP contribution in [0.4, 0.5) is 0 Å². The lowest BCUT2D eigenvalue weighted by Crippen LogP contribution is -1.96. The molecule has 1 aromatic heterocycles. The molecule has 1 heterocycles. The zero-order valence-corrected chi connectivity index (χ0v) is 10.3. The summed E-state index contributed by atoms with van der Waals surface area (Å²) in [6.07, 6.45) is 1.99. The lowest BCUT2D eigenvalue weighted by atomic mass is 10.1. The van der Waals surface area contributed by atoms with Crippen molar-refractivity contribution < 1.29 is 5.11 Å². The Bertz CT molecular complexity index is 680. The first-order chi connectivity index (χ1) is 8.74. The quantitative estimate of drug-likeness (QED) is 0.722. The van der Waals surface area contributed by atoms with Gasteiger partial charge in [-0.15, -0.1) is 0 Å². The first-order valence-corrected chi connectivity index (χ1v) is 6.06. The highest BCUT2D eigenvalue weighted by molar-refractivity contribution is 5.87. The standard InChI is InChI=1S/C16H15NO/c1-12-6-8-13(9-7-12)10-17-11-14-4-2-3-5-15(14)16(17)18/h2-9,11,18H,10H2,1H3. The normalized spacial score (nSPS) is 10.9. The van der Waals surface area contributed by atoms with Crippen molar-refractivity contribution >= 4 is 10.8 Å². The highest BCUT2D eigenvalue weighted by atomic mass is 16.3. The second-order valence-electron chi connectivity index (χ2n) is 4.65. The van der Waals surface area contributed by atoms with Gasteiger partial charge in [0.25, 0.3) is 0 Å². The lowest BCUT2D eigenvalue weighted by molar-refractivity contribution is 0.430. The number of aromatic nitrogens is 1. The maximum atomic E-state index is 10.2. The van der Waals surface area contributed by atoms with Gasteiger partial charge in [0.1, 0.15) is 0 Å². The molecule has 1 N–H and O–H groups in total. The maximum absolute atomic E-state index is 10.2. The van der Waals surface area contributed by atoms with E-state index in [-0.39, 0.29) is 0 Å². The van der Waals surface area contributed by atoms with Crippen LogP contribution in [-0.4, -0.2) is 9.67 Å². The molecule has 0 radical (unpaired) electrons. The summed E-state index contributed by atoms with van der Waals surface area (Å²) in [6, 6.07) is 16.3. The van der Waals surface area contributed by atoms with Crippen molar-refractivity contribution in [2.24, 2.45) is 0 Å². The van der Waals surface area contributed by atoms with Gasteiger partial charge in [-0.3, -0.25) is 0 Å². The molecule has 0 fully saturated rings. The fraction of sp³-hybridized carbons (Fsp3) is 0.125. The Morgan fingerprint density at radius 1 is 1.00 bits per heavy atom. The molecule has 3 rings (SSSR count). The second kappa shape index (κ2) is 4.22. The summed E-state index contributed by atoms with van der Waals surface area (Å²) in [5.74, 6) is 0.339. The topological polar surface area (TPSA) is 25.2 Å². The summed E-state index contributed by atoms with van der Waals surface area (Å²) < 4.78 is 1.88. The van der Waals surface area contributed by atoms with Gasteiger partial charge in [-0.25, -0.2) is 0 Å². The Balaban J connectivity index is 1.99. The van der Waals surface area contributed by atoms with Crippen molar-refractivity contribution in [1.82, 2.24) is 4.57 Å². The minimum Gasteiger partial charge on any atom is -0.494 e. The smallest absolute Gasteiger partial charge is 0.199 e. The molecule has 18 heavy (non-hydrogen) atoms. The third kappa shape index (κ3) is 1.86. The summed E-state index contributed by atoms with van der Waals surface area (Å²) in [6.45, 7) is 2.77. The summed E-state index contributed by atoms with van der Waals surface area (Å²) in [5.41, 5.74) is 2.44. The van der Waals surface area contributed by atoms with Gasteiger partial charge in [0, 0.05) is 17.0 Å². The van der Waals surface area contributed by atoms with Crippen molar-refractivity contribution in [3.63, 3.8) is 0 Å². The molecule has 0 aliphatic carbocycles. The summed E-state index contributed by atoms with van der Waals surface area (Å²) in [4.78, 5) is 0. The molecule has 0 saturated carbocycles. The zero-order valence-electron chi connectivity index (χ0n) is 10.3. The van der Waals surface area contributed by atoms with Gasteiger partial charge in [-0.05, 0) is 18.6 Å². The van der Waals surface area contributed by atoms with Crippen LogP contribution in [0.2, 0.25) is 0 Å². The van der Waals surface area contributed by atoms with Gasteiger partial charge >= 0.3 is 0 Å². The molecular formula is C16H15NO. The Hall–Kier alpha value is -2.22. The Labute approximate surface area is 106 Å². The molecule has 0 unspecified atom stereocenters. The van der Waals surface area contributed by atoms with E-state index >= 15 is 0 Å². The van der Waals surface area contributed by atoms with Gasteiger partial charge in [-0.1, -0.05) is 48.0 Å². The Kier molecular flexibility index (Phi) is 2.56. The minimum absolute atomic E-state index is 0.339. The first kappa shape index (κ1) is 10.9. The molecular weight excluding hydrogens is 222 g/mol. The third-order valence-corrected chi connectivity index (χ3v) is 3.24. The van der Waals surface area contributed by atoms with Crippen LogP contribution >= 0.6 is 0 Å². The molecule has 90 valence electrons. The molecule has 0 spiro atoms. The van der Waals surface area contributed by atoms with E-state index in [1.165, 1.54) is 11.1 Å². The van der Waals surface area contributed by atoms with E-state index < -0.39 is 0 Å². The van der Waals surface area contributed by atoms with E-state index in [1.807, 2.05) is 35.0 Å². The number of rotatable bonds is 2. The van der Waals surface area contributed by atoms with E-state index in [0.717, 1.165) is 10.8 Å². The van der Waals surface area contributed by atoms with Gasteiger partial charge in [0.05, 0.1) is 6.54 Å². The average molecular weight is 237 g/mol. The fourth-order valence-electron chi connectivity index (χ4n) is 2.21. The van der Waals surface area contributed by atoms with Gasteiger partial charge in [0.15, 0.2) is 5.88 Å². The van der Waals surface area contributed by atoms with E-state index in [2.05, 4.69) is 31.2 Å². The number of hydrogen-bond acceptors (Lipinski definition) is 1. The van der Waals surface area contributed by atoms with Crippen LogP contribution in [0.25, 0.3) is 10.8 Å². The van der Waals surface area contributed by atoms with Crippen LogP contribution in [0.1, 0.15) is 11.1 Å². The number of fused-ring (bicyclic) bond motifs is 1. The van der Waals surface area contributed by atoms with Crippen molar-refractivity contribution in [3.8, 4) is 5.88 Å². The fourth-order valence-corrected chi connectivity index (χ4v) is 2.21. The van der Waals surface area contributed by atoms with E-state index in [0.29, 0.717) is 12.4 Å². The molecule has 0 aliphatic rings. The molecule has 0 bridgehead atoms. The summed E-state index contributed by atoms with van der Waals surface area (Å²) >= 11 is 0. The Morgan fingerprint density at radius 2 is 1.72 bits per heavy atom. The van der Waals surface area contributed by atoms with Crippen molar-refractivity contribution in [1.29, 1.82) is 0 Å². The molecule has 0 aliphatic heterocycles. The van der Waals surface area contributed by atoms with Crippen molar-refractivity contribution in [2.45, 2.75) is 13.5 Å². The third-order valence-electron chi connectivity index (χ3n) is 3.24. The van der Waals surface area contributed by atoms with E-state index in [9.17, 15) is 5.11 Å². The number of hydrogen-bond donors (Lipinski definition) is 1. The minimum atomic E-state index is 0.339. The molecule has 2 nitrogen and oxygen atoms in total. The van der Waals surface area contributed by atoms with Crippen LogP contribution < -0.4 is 0 Å². The predicted octanol–water partition coefficient (Wildman–Crippen LogP) is 3.70. The van der Waals surface area contributed by atoms with Crippen molar-refractivity contribution in [2.75, 3.05) is 0 Å². The monoisotopic (exact) mass is 237 g/mol. The van der Waals surface area contributed by atoms with Crippen molar-refractivity contribution in [3.05, 3.63) is 65.9 Å². The van der Waals surface area contributed by atoms with Crippen LogP contribution in [0, 0.1) is 6.92 Å². The number of nitrogens with zero attached hydrogens (tertiary/aromatic N) is 1. The van der Waals surface area contributed by atoms with Crippen LogP contribution in [0.3, 0.4) is 0 Å². The van der Waals surface area contributed by atoms with Gasteiger partial charge < -0.3 is 9.67 Å². The molecule has 2 aromatic carbocycles. The molecule has 3 aromatic rings. The van der Waals surface area contributed by atoms with Gasteiger partial charge in [0.2, 0.25) is 0 Å². The molecule has 0 saturated heterocycles. The van der Waals surface area contributed by atoms with Gasteiger partial charge in [-0.2, -0.15) is 0 Å². The highest BCUT2D eigenvalue weighted by Gasteiger charge is 2.07. The SMILES string of the molecule is Cc1ccc(Cn2cc3ccccc3c2O)cc1. The molecule has 0 amide bonds. The summed E-state index contributed by atoms with van der Waals surface area (Å²) in [5, 5.41) is 12.1. The van der Waals surface area contributed by atoms with Crippen LogP contribution in [0.15, 0.2) is 54.7 Å². The maximum Gasteiger partial charge on any atom is 0.199 e.